The molecule has 1 aromatic carbocycles. The van der Waals surface area contributed by atoms with Crippen molar-refractivity contribution in [3.63, 3.8) is 0 Å². The molecule has 1 spiro atoms. The summed E-state index contributed by atoms with van der Waals surface area (Å²) in [4.78, 5) is 30.4. The molecule has 2 saturated carbocycles. The topological polar surface area (TPSA) is 79.7 Å². The highest BCUT2D eigenvalue weighted by molar-refractivity contribution is 6.33. The van der Waals surface area contributed by atoms with Gasteiger partial charge >= 0.3 is 12.3 Å². The lowest BCUT2D eigenvalue weighted by Crippen LogP contribution is -2.57. The molecule has 246 valence electrons. The van der Waals surface area contributed by atoms with E-state index in [1.54, 1.807) is 4.68 Å². The fraction of sp³-hybridized carbons (Fsp3) is 0.667. The summed E-state index contributed by atoms with van der Waals surface area (Å²) in [5, 5.41) is 7.23. The van der Waals surface area contributed by atoms with Gasteiger partial charge in [-0.05, 0) is 127 Å². The predicted octanol–water partition coefficient (Wildman–Crippen LogP) is 7.43. The smallest absolute Gasteiger partial charge is 0.416 e. The molecule has 45 heavy (non-hydrogen) atoms. The van der Waals surface area contributed by atoms with Crippen LogP contribution in [0.2, 0.25) is 5.02 Å². The molecule has 0 atom stereocenters. The lowest BCUT2D eigenvalue weighted by molar-refractivity contribution is -0.137. The number of amides is 2. The molecule has 2 aliphatic heterocycles. The van der Waals surface area contributed by atoms with Gasteiger partial charge in [0.25, 0.3) is 5.91 Å². The van der Waals surface area contributed by atoms with Gasteiger partial charge in [-0.3, -0.25) is 9.48 Å². The largest absolute Gasteiger partial charge is 0.444 e. The number of nitrogens with one attached hydrogen (secondary N) is 1. The average molecular weight is 650 g/mol. The van der Waals surface area contributed by atoms with E-state index in [0.717, 1.165) is 76.0 Å². The number of rotatable bonds is 5. The van der Waals surface area contributed by atoms with Gasteiger partial charge in [0.1, 0.15) is 11.1 Å². The third kappa shape index (κ3) is 6.57. The van der Waals surface area contributed by atoms with Crippen molar-refractivity contribution in [2.45, 2.75) is 108 Å². The van der Waals surface area contributed by atoms with E-state index >= 15 is 0 Å². The van der Waals surface area contributed by atoms with Gasteiger partial charge in [-0.15, -0.1) is 0 Å². The van der Waals surface area contributed by atoms with Gasteiger partial charge in [-0.25, -0.2) is 4.79 Å². The number of carbonyl (C=O) groups excluding carboxylic acids is 2. The number of anilines is 1. The molecule has 12 heteroatoms. The molecular weight excluding hydrogens is 607 g/mol. The normalized spacial score (nSPS) is 22.5. The van der Waals surface area contributed by atoms with Crippen LogP contribution in [0.5, 0.6) is 0 Å². The molecule has 0 unspecified atom stereocenters. The minimum absolute atomic E-state index is 0.149. The number of aromatic nitrogens is 2. The maximum Gasteiger partial charge on any atom is 0.416 e. The quantitative estimate of drug-likeness (QED) is 0.364. The fourth-order valence-corrected chi connectivity index (χ4v) is 7.81. The van der Waals surface area contributed by atoms with E-state index < -0.39 is 22.9 Å². The number of halogens is 4. The third-order valence-corrected chi connectivity index (χ3v) is 10.8. The van der Waals surface area contributed by atoms with Gasteiger partial charge in [0.2, 0.25) is 0 Å². The second-order valence-corrected chi connectivity index (χ2v) is 15.0. The zero-order valence-electron chi connectivity index (χ0n) is 26.3. The number of hydrogen-bond acceptors (Lipinski definition) is 5. The summed E-state index contributed by atoms with van der Waals surface area (Å²) in [7, 11) is 0. The van der Waals surface area contributed by atoms with Gasteiger partial charge in [-0.1, -0.05) is 11.6 Å². The Balaban J connectivity index is 0.999. The molecule has 6 rings (SSSR count). The van der Waals surface area contributed by atoms with Crippen LogP contribution in [0.15, 0.2) is 30.6 Å². The molecule has 4 aliphatic rings. The minimum atomic E-state index is -4.51. The van der Waals surface area contributed by atoms with Crippen molar-refractivity contribution in [3.05, 3.63) is 46.7 Å². The summed E-state index contributed by atoms with van der Waals surface area (Å²) in [6.45, 7) is 9.29. The van der Waals surface area contributed by atoms with Crippen molar-refractivity contribution < 1.29 is 27.5 Å². The van der Waals surface area contributed by atoms with Crippen LogP contribution in [0.25, 0.3) is 0 Å². The van der Waals surface area contributed by atoms with E-state index in [9.17, 15) is 22.8 Å². The van der Waals surface area contributed by atoms with Crippen molar-refractivity contribution in [2.75, 3.05) is 31.5 Å². The zero-order chi connectivity index (χ0) is 32.2. The SMILES string of the molecule is CC(C)(C)OC(=O)N1CCC2(CC1)CC(N1CCC(c3cnn(C4(C(=O)Nc5ccc(C(F)(F)F)cc5Cl)CCC4)c3)CC1)C2. The first-order chi connectivity index (χ1) is 21.2. The molecular formula is C33H43ClF3N5O3. The van der Waals surface area contributed by atoms with Crippen LogP contribution in [-0.2, 0) is 21.2 Å². The first-order valence-corrected chi connectivity index (χ1v) is 16.5. The van der Waals surface area contributed by atoms with Crippen LogP contribution < -0.4 is 5.32 Å². The highest BCUT2D eigenvalue weighted by Gasteiger charge is 2.50. The van der Waals surface area contributed by atoms with E-state index in [1.165, 1.54) is 18.9 Å². The second-order valence-electron chi connectivity index (χ2n) is 14.6. The van der Waals surface area contributed by atoms with Crippen LogP contribution >= 0.6 is 11.6 Å². The van der Waals surface area contributed by atoms with E-state index in [0.29, 0.717) is 30.2 Å². The molecule has 1 aromatic heterocycles. The minimum Gasteiger partial charge on any atom is -0.444 e. The van der Waals surface area contributed by atoms with Gasteiger partial charge in [0, 0.05) is 25.3 Å². The van der Waals surface area contributed by atoms with Crippen molar-refractivity contribution in [1.29, 1.82) is 0 Å². The molecule has 2 aliphatic carbocycles. The number of carbonyl (C=O) groups is 2. The van der Waals surface area contributed by atoms with E-state index in [1.807, 2.05) is 38.1 Å². The van der Waals surface area contributed by atoms with Crippen LogP contribution in [0, 0.1) is 5.41 Å². The Kier molecular flexibility index (Phi) is 8.42. The lowest BCUT2D eigenvalue weighted by Gasteiger charge is -2.56. The maximum atomic E-state index is 13.4. The van der Waals surface area contributed by atoms with Gasteiger partial charge < -0.3 is 19.9 Å². The molecule has 2 amide bonds. The number of piperidine rings is 2. The van der Waals surface area contributed by atoms with E-state index in [2.05, 4.69) is 15.3 Å². The summed E-state index contributed by atoms with van der Waals surface area (Å²) in [6, 6.07) is 3.56. The molecule has 8 nitrogen and oxygen atoms in total. The van der Waals surface area contributed by atoms with Crippen molar-refractivity contribution in [2.24, 2.45) is 5.41 Å². The Morgan fingerprint density at radius 1 is 1.02 bits per heavy atom. The highest BCUT2D eigenvalue weighted by atomic mass is 35.5. The van der Waals surface area contributed by atoms with Crippen LogP contribution in [-0.4, -0.2) is 69.4 Å². The number of benzene rings is 1. The standard InChI is InChI=1S/C33H43ClF3N5O3/c1-30(2,3)45-29(44)41-15-11-31(12-16-41)18-25(19-31)40-13-7-22(8-14-40)23-20-38-42(21-23)32(9-4-10-32)28(43)39-27-6-5-24(17-26(27)34)33(35,36)37/h5-6,17,20-22,25H,4,7-16,18-19H2,1-3H3,(H,39,43). The molecule has 0 radical (unpaired) electrons. The summed E-state index contributed by atoms with van der Waals surface area (Å²) < 4.78 is 46.5. The third-order valence-electron chi connectivity index (χ3n) is 10.5. The first-order valence-electron chi connectivity index (χ1n) is 16.1. The van der Waals surface area contributed by atoms with Crippen molar-refractivity contribution >= 4 is 29.3 Å². The number of nitrogens with zero attached hydrogens (tertiary/aromatic N) is 4. The summed E-state index contributed by atoms with van der Waals surface area (Å²) in [5.41, 5.74) is -0.566. The van der Waals surface area contributed by atoms with Crippen LogP contribution in [0.4, 0.5) is 23.7 Å². The van der Waals surface area contributed by atoms with E-state index in [-0.39, 0.29) is 22.7 Å². The first kappa shape index (κ1) is 32.2. The Morgan fingerprint density at radius 3 is 2.24 bits per heavy atom. The zero-order valence-corrected chi connectivity index (χ0v) is 27.0. The van der Waals surface area contributed by atoms with Gasteiger partial charge in [0.15, 0.2) is 0 Å². The number of hydrogen-bond donors (Lipinski definition) is 1. The highest BCUT2D eigenvalue weighted by Crippen LogP contribution is 2.52. The number of ether oxygens (including phenoxy) is 1. The summed E-state index contributed by atoms with van der Waals surface area (Å²) in [6.07, 6.45) is 7.75. The second kappa shape index (κ2) is 11.8. The molecule has 3 heterocycles. The van der Waals surface area contributed by atoms with Crippen molar-refractivity contribution in [1.82, 2.24) is 19.6 Å². The summed E-state index contributed by atoms with van der Waals surface area (Å²) >= 11 is 6.11. The molecule has 2 saturated heterocycles. The van der Waals surface area contributed by atoms with E-state index in [4.69, 9.17) is 16.3 Å². The summed E-state index contributed by atoms with van der Waals surface area (Å²) in [5.74, 6) is 0.0568. The average Bonchev–Trinajstić information content (AvgIpc) is 3.41. The molecule has 1 N–H and O–H groups in total. The fourth-order valence-electron chi connectivity index (χ4n) is 7.58. The number of likely N-dealkylation sites (tertiary alicyclic amines) is 2. The Labute approximate surface area is 267 Å². The monoisotopic (exact) mass is 649 g/mol. The van der Waals surface area contributed by atoms with Crippen LogP contribution in [0.3, 0.4) is 0 Å². The van der Waals surface area contributed by atoms with Gasteiger partial charge in [-0.2, -0.15) is 18.3 Å². The van der Waals surface area contributed by atoms with Crippen molar-refractivity contribution in [3.8, 4) is 0 Å². The molecule has 2 aromatic rings. The molecule has 0 bridgehead atoms. The number of alkyl halides is 3. The van der Waals surface area contributed by atoms with Crippen LogP contribution in [0.1, 0.15) is 95.6 Å². The van der Waals surface area contributed by atoms with Gasteiger partial charge in [0.05, 0.1) is 22.5 Å². The lowest BCUT2D eigenvalue weighted by atomic mass is 9.59. The Bertz CT molecular complexity index is 1410. The maximum absolute atomic E-state index is 13.4. The Morgan fingerprint density at radius 2 is 1.69 bits per heavy atom. The molecule has 4 fully saturated rings. The Hall–Kier alpha value is -2.79. The predicted molar refractivity (Wildman–Crippen MR) is 165 cm³/mol.